The SMILES string of the molecule is CCCNCC(=O)N(CC(=O)N(CC(=O)N(CCO)CC(N)=O)Cc1ccccc1)Cc1ccco1. The maximum Gasteiger partial charge on any atom is 0.242 e. The van der Waals surface area contributed by atoms with E-state index in [2.05, 4.69) is 5.32 Å². The number of hydrogen-bond acceptors (Lipinski definition) is 7. The Morgan fingerprint density at radius 1 is 0.889 bits per heavy atom. The fourth-order valence-corrected chi connectivity index (χ4v) is 3.47. The van der Waals surface area contributed by atoms with E-state index in [-0.39, 0.29) is 58.3 Å². The first-order chi connectivity index (χ1) is 17.3. The Morgan fingerprint density at radius 2 is 1.56 bits per heavy atom. The van der Waals surface area contributed by atoms with Crippen LogP contribution in [-0.2, 0) is 32.3 Å². The van der Waals surface area contributed by atoms with Gasteiger partial charge in [0.05, 0.1) is 32.5 Å². The number of furan rings is 1. The lowest BCUT2D eigenvalue weighted by Crippen LogP contribution is -2.49. The van der Waals surface area contributed by atoms with E-state index in [1.165, 1.54) is 16.1 Å². The molecule has 2 aromatic rings. The van der Waals surface area contributed by atoms with Gasteiger partial charge in [0, 0.05) is 13.1 Å². The van der Waals surface area contributed by atoms with Gasteiger partial charge in [-0.25, -0.2) is 0 Å². The molecule has 0 atom stereocenters. The summed E-state index contributed by atoms with van der Waals surface area (Å²) in [6.07, 6.45) is 2.34. The van der Waals surface area contributed by atoms with Crippen molar-refractivity contribution in [1.82, 2.24) is 20.0 Å². The van der Waals surface area contributed by atoms with Gasteiger partial charge in [-0.15, -0.1) is 0 Å². The van der Waals surface area contributed by atoms with Crippen LogP contribution in [0, 0.1) is 0 Å². The summed E-state index contributed by atoms with van der Waals surface area (Å²) >= 11 is 0. The molecule has 0 aliphatic carbocycles. The van der Waals surface area contributed by atoms with Gasteiger partial charge in [0.2, 0.25) is 23.6 Å². The minimum absolute atomic E-state index is 0.0579. The average Bonchev–Trinajstić information content (AvgIpc) is 3.36. The predicted molar refractivity (Wildman–Crippen MR) is 132 cm³/mol. The van der Waals surface area contributed by atoms with Crippen LogP contribution in [-0.4, -0.2) is 89.3 Å². The molecule has 11 heteroatoms. The smallest absolute Gasteiger partial charge is 0.242 e. The van der Waals surface area contributed by atoms with E-state index in [1.54, 1.807) is 12.1 Å². The van der Waals surface area contributed by atoms with Crippen molar-refractivity contribution in [3.8, 4) is 0 Å². The quantitative estimate of drug-likeness (QED) is 0.273. The van der Waals surface area contributed by atoms with Gasteiger partial charge in [0.25, 0.3) is 0 Å². The lowest BCUT2D eigenvalue weighted by atomic mass is 10.2. The molecular formula is C25H35N5O6. The number of amides is 4. The molecule has 1 heterocycles. The molecule has 2 rings (SSSR count). The molecule has 0 aliphatic heterocycles. The molecule has 0 radical (unpaired) electrons. The highest BCUT2D eigenvalue weighted by atomic mass is 16.3. The second kappa shape index (κ2) is 15.3. The van der Waals surface area contributed by atoms with Crippen LogP contribution in [0.2, 0.25) is 0 Å². The number of aliphatic hydroxyl groups excluding tert-OH is 1. The number of benzene rings is 1. The largest absolute Gasteiger partial charge is 0.467 e. The number of carbonyl (C=O) groups is 4. The first kappa shape index (κ1) is 28.5. The molecule has 0 saturated carbocycles. The molecule has 4 amide bonds. The van der Waals surface area contributed by atoms with Crippen LogP contribution in [0.25, 0.3) is 0 Å². The third-order valence-corrected chi connectivity index (χ3v) is 5.27. The van der Waals surface area contributed by atoms with Crippen molar-refractivity contribution < 1.29 is 28.7 Å². The second-order valence-electron chi connectivity index (χ2n) is 8.25. The van der Waals surface area contributed by atoms with Gasteiger partial charge in [-0.05, 0) is 30.7 Å². The van der Waals surface area contributed by atoms with Crippen molar-refractivity contribution in [3.05, 3.63) is 60.1 Å². The Kier molecular flexibility index (Phi) is 12.1. The van der Waals surface area contributed by atoms with Gasteiger partial charge < -0.3 is 35.3 Å². The first-order valence-corrected chi connectivity index (χ1v) is 11.8. The third kappa shape index (κ3) is 9.88. The summed E-state index contributed by atoms with van der Waals surface area (Å²) in [5.41, 5.74) is 6.02. The molecule has 4 N–H and O–H groups in total. The van der Waals surface area contributed by atoms with E-state index in [0.717, 1.165) is 16.9 Å². The maximum absolute atomic E-state index is 13.4. The number of rotatable bonds is 16. The Morgan fingerprint density at radius 3 is 2.14 bits per heavy atom. The fourth-order valence-electron chi connectivity index (χ4n) is 3.47. The highest BCUT2D eigenvalue weighted by Gasteiger charge is 2.26. The Hall–Kier alpha value is -3.70. The number of nitrogens with one attached hydrogen (secondary N) is 1. The summed E-state index contributed by atoms with van der Waals surface area (Å²) in [5, 5.41) is 12.3. The zero-order valence-electron chi connectivity index (χ0n) is 20.6. The summed E-state index contributed by atoms with van der Waals surface area (Å²) < 4.78 is 5.37. The molecule has 0 unspecified atom stereocenters. The summed E-state index contributed by atoms with van der Waals surface area (Å²) in [5.74, 6) is -1.48. The zero-order chi connectivity index (χ0) is 26.3. The van der Waals surface area contributed by atoms with Gasteiger partial charge in [-0.3, -0.25) is 19.2 Å². The van der Waals surface area contributed by atoms with Crippen LogP contribution < -0.4 is 11.1 Å². The van der Waals surface area contributed by atoms with Gasteiger partial charge >= 0.3 is 0 Å². The summed E-state index contributed by atoms with van der Waals surface area (Å²) in [7, 11) is 0. The first-order valence-electron chi connectivity index (χ1n) is 11.8. The van der Waals surface area contributed by atoms with Crippen LogP contribution in [0.5, 0.6) is 0 Å². The van der Waals surface area contributed by atoms with Crippen LogP contribution in [0.1, 0.15) is 24.7 Å². The Balaban J connectivity index is 2.22. The topological polar surface area (TPSA) is 149 Å². The Bertz CT molecular complexity index is 967. The van der Waals surface area contributed by atoms with E-state index in [0.29, 0.717) is 12.3 Å². The van der Waals surface area contributed by atoms with Crippen LogP contribution in [0.15, 0.2) is 53.1 Å². The normalized spacial score (nSPS) is 10.6. The van der Waals surface area contributed by atoms with E-state index in [9.17, 15) is 24.3 Å². The van der Waals surface area contributed by atoms with Crippen molar-refractivity contribution in [2.75, 3.05) is 45.9 Å². The van der Waals surface area contributed by atoms with Gasteiger partial charge in [-0.1, -0.05) is 37.3 Å². The van der Waals surface area contributed by atoms with Crippen molar-refractivity contribution in [1.29, 1.82) is 0 Å². The molecule has 0 spiro atoms. The van der Waals surface area contributed by atoms with Crippen molar-refractivity contribution in [2.45, 2.75) is 26.4 Å². The van der Waals surface area contributed by atoms with E-state index in [1.807, 2.05) is 37.3 Å². The van der Waals surface area contributed by atoms with E-state index >= 15 is 0 Å². The monoisotopic (exact) mass is 501 g/mol. The highest BCUT2D eigenvalue weighted by Crippen LogP contribution is 2.10. The minimum Gasteiger partial charge on any atom is -0.467 e. The molecule has 1 aromatic heterocycles. The average molecular weight is 502 g/mol. The summed E-state index contributed by atoms with van der Waals surface area (Å²) in [6, 6.07) is 12.5. The summed E-state index contributed by atoms with van der Waals surface area (Å²) in [4.78, 5) is 54.4. The highest BCUT2D eigenvalue weighted by molar-refractivity contribution is 5.90. The maximum atomic E-state index is 13.4. The number of hydrogen-bond donors (Lipinski definition) is 3. The van der Waals surface area contributed by atoms with E-state index in [4.69, 9.17) is 10.2 Å². The van der Waals surface area contributed by atoms with Crippen LogP contribution in [0.3, 0.4) is 0 Å². The number of primary amides is 1. The number of carbonyl (C=O) groups excluding carboxylic acids is 4. The van der Waals surface area contributed by atoms with Crippen LogP contribution in [0.4, 0.5) is 0 Å². The lowest BCUT2D eigenvalue weighted by Gasteiger charge is -2.29. The standard InChI is InChI=1S/C25H35N5O6/c1-2-10-27-14-23(33)30(16-21-9-6-13-36-21)19-25(35)29(15-20-7-4-3-5-8-20)18-24(34)28(11-12-31)17-22(26)32/h3-9,13,27,31H,2,10-12,14-19H2,1H3,(H2,26,32). The van der Waals surface area contributed by atoms with Gasteiger partial charge in [0.1, 0.15) is 18.8 Å². The molecule has 36 heavy (non-hydrogen) atoms. The molecule has 0 bridgehead atoms. The number of aliphatic hydroxyl groups is 1. The second-order valence-corrected chi connectivity index (χ2v) is 8.25. The molecule has 0 fully saturated rings. The molecule has 196 valence electrons. The molecule has 1 aromatic carbocycles. The summed E-state index contributed by atoms with van der Waals surface area (Å²) in [6.45, 7) is 1.45. The number of nitrogens with two attached hydrogens (primary N) is 1. The van der Waals surface area contributed by atoms with Crippen molar-refractivity contribution in [2.24, 2.45) is 5.73 Å². The van der Waals surface area contributed by atoms with E-state index < -0.39 is 17.7 Å². The minimum atomic E-state index is -0.729. The van der Waals surface area contributed by atoms with Crippen molar-refractivity contribution >= 4 is 23.6 Å². The fraction of sp³-hybridized carbons (Fsp3) is 0.440. The lowest BCUT2D eigenvalue weighted by molar-refractivity contribution is -0.145. The predicted octanol–water partition coefficient (Wildman–Crippen LogP) is -0.0572. The Labute approximate surface area is 210 Å². The molecule has 0 saturated heterocycles. The molecular weight excluding hydrogens is 466 g/mol. The molecule has 0 aliphatic rings. The van der Waals surface area contributed by atoms with Gasteiger partial charge in [-0.2, -0.15) is 0 Å². The zero-order valence-corrected chi connectivity index (χ0v) is 20.6. The molecule has 11 nitrogen and oxygen atoms in total. The van der Waals surface area contributed by atoms with Crippen molar-refractivity contribution in [3.63, 3.8) is 0 Å². The number of nitrogens with zero attached hydrogens (tertiary/aromatic N) is 3. The van der Waals surface area contributed by atoms with Gasteiger partial charge in [0.15, 0.2) is 0 Å². The van der Waals surface area contributed by atoms with Crippen LogP contribution >= 0.6 is 0 Å². The third-order valence-electron chi connectivity index (χ3n) is 5.27.